The largest absolute Gasteiger partial charge is 0.495 e. The fourth-order valence-corrected chi connectivity index (χ4v) is 2.47. The van der Waals surface area contributed by atoms with E-state index >= 15 is 0 Å². The topological polar surface area (TPSA) is 63.2 Å². The highest BCUT2D eigenvalue weighted by molar-refractivity contribution is 5.65. The van der Waals surface area contributed by atoms with E-state index in [1.807, 2.05) is 61.9 Å². The van der Waals surface area contributed by atoms with E-state index in [4.69, 9.17) is 4.74 Å². The fourth-order valence-electron chi connectivity index (χ4n) is 2.47. The quantitative estimate of drug-likeness (QED) is 0.715. The van der Waals surface area contributed by atoms with Crippen LogP contribution in [-0.4, -0.2) is 35.7 Å². The Morgan fingerprint density at radius 3 is 2.68 bits per heavy atom. The van der Waals surface area contributed by atoms with Gasteiger partial charge in [-0.3, -0.25) is 4.98 Å². The molecular weight excluding hydrogens is 314 g/mol. The number of hydrogen-bond acceptors (Lipinski definition) is 6. The normalized spacial score (nSPS) is 10.3. The molecule has 0 aliphatic carbocycles. The van der Waals surface area contributed by atoms with Crippen molar-refractivity contribution in [1.82, 2.24) is 15.0 Å². The molecule has 0 fully saturated rings. The summed E-state index contributed by atoms with van der Waals surface area (Å²) < 4.78 is 5.36. The van der Waals surface area contributed by atoms with Crippen molar-refractivity contribution in [1.29, 1.82) is 0 Å². The van der Waals surface area contributed by atoms with E-state index in [1.165, 1.54) is 5.56 Å². The van der Waals surface area contributed by atoms with E-state index in [1.54, 1.807) is 13.4 Å². The van der Waals surface area contributed by atoms with Gasteiger partial charge in [0.25, 0.3) is 0 Å². The Hall–Kier alpha value is -3.15. The second kappa shape index (κ2) is 8.10. The van der Waals surface area contributed by atoms with Gasteiger partial charge in [-0.2, -0.15) is 0 Å². The van der Waals surface area contributed by atoms with Crippen LogP contribution in [0.4, 0.5) is 17.3 Å². The Kier molecular flexibility index (Phi) is 5.41. The first-order chi connectivity index (χ1) is 12.3. The van der Waals surface area contributed by atoms with Crippen molar-refractivity contribution in [2.45, 2.75) is 6.42 Å². The predicted octanol–water partition coefficient (Wildman–Crippen LogP) is 3.30. The van der Waals surface area contributed by atoms with Crippen molar-refractivity contribution in [3.63, 3.8) is 0 Å². The molecule has 0 radical (unpaired) electrons. The Morgan fingerprint density at radius 1 is 1.08 bits per heavy atom. The number of methoxy groups -OCH3 is 1. The van der Waals surface area contributed by atoms with Gasteiger partial charge in [-0.25, -0.2) is 9.97 Å². The van der Waals surface area contributed by atoms with Gasteiger partial charge in [0, 0.05) is 32.1 Å². The van der Waals surface area contributed by atoms with Crippen LogP contribution in [-0.2, 0) is 6.42 Å². The lowest BCUT2D eigenvalue weighted by molar-refractivity contribution is 0.417. The second-order valence-corrected chi connectivity index (χ2v) is 5.61. The van der Waals surface area contributed by atoms with Gasteiger partial charge < -0.3 is 15.0 Å². The number of aromatic nitrogens is 3. The van der Waals surface area contributed by atoms with Crippen LogP contribution in [0.5, 0.6) is 5.75 Å². The van der Waals surface area contributed by atoms with Crippen LogP contribution in [0.1, 0.15) is 5.56 Å². The molecule has 3 aromatic rings. The van der Waals surface area contributed by atoms with E-state index < -0.39 is 0 Å². The Bertz CT molecular complexity index is 810. The first-order valence-electron chi connectivity index (χ1n) is 8.08. The van der Waals surface area contributed by atoms with Crippen molar-refractivity contribution in [2.75, 3.05) is 30.9 Å². The number of hydrogen-bond donors (Lipinski definition) is 1. The number of para-hydroxylation sites is 2. The van der Waals surface area contributed by atoms with Crippen LogP contribution in [0.15, 0.2) is 61.2 Å². The number of anilines is 3. The first-order valence-corrected chi connectivity index (χ1v) is 8.08. The number of nitrogens with zero attached hydrogens (tertiary/aromatic N) is 4. The summed E-state index contributed by atoms with van der Waals surface area (Å²) in [7, 11) is 3.68. The van der Waals surface area contributed by atoms with Crippen LogP contribution < -0.4 is 15.0 Å². The summed E-state index contributed by atoms with van der Waals surface area (Å²) in [4.78, 5) is 14.8. The van der Waals surface area contributed by atoms with E-state index in [9.17, 15) is 0 Å². The molecule has 0 saturated carbocycles. The lowest BCUT2D eigenvalue weighted by Crippen LogP contribution is -2.21. The molecule has 0 unspecified atom stereocenters. The molecule has 0 aliphatic heterocycles. The van der Waals surface area contributed by atoms with Gasteiger partial charge in [0.1, 0.15) is 23.7 Å². The molecule has 2 heterocycles. The van der Waals surface area contributed by atoms with Gasteiger partial charge in [-0.1, -0.05) is 12.1 Å². The zero-order valence-electron chi connectivity index (χ0n) is 14.4. The monoisotopic (exact) mass is 335 g/mol. The third-order valence-corrected chi connectivity index (χ3v) is 3.90. The highest BCUT2D eigenvalue weighted by Crippen LogP contribution is 2.26. The van der Waals surface area contributed by atoms with Gasteiger partial charge in [-0.15, -0.1) is 0 Å². The minimum absolute atomic E-state index is 0.727. The molecule has 6 heteroatoms. The maximum absolute atomic E-state index is 5.36. The van der Waals surface area contributed by atoms with Gasteiger partial charge in [0.2, 0.25) is 0 Å². The molecular formula is C19H21N5O. The molecule has 0 aliphatic rings. The van der Waals surface area contributed by atoms with Crippen LogP contribution in [0.25, 0.3) is 0 Å². The molecule has 0 saturated heterocycles. The predicted molar refractivity (Wildman–Crippen MR) is 99.5 cm³/mol. The Labute approximate surface area is 147 Å². The van der Waals surface area contributed by atoms with Crippen LogP contribution in [0.2, 0.25) is 0 Å². The molecule has 0 bridgehead atoms. The molecule has 128 valence electrons. The molecule has 25 heavy (non-hydrogen) atoms. The number of likely N-dealkylation sites (N-methyl/N-ethyl adjacent to an activating group) is 1. The number of nitrogens with one attached hydrogen (secondary N) is 1. The zero-order chi connectivity index (χ0) is 17.5. The van der Waals surface area contributed by atoms with E-state index in [2.05, 4.69) is 25.2 Å². The minimum atomic E-state index is 0.727. The number of pyridine rings is 1. The van der Waals surface area contributed by atoms with Crippen molar-refractivity contribution in [3.05, 3.63) is 66.7 Å². The zero-order valence-corrected chi connectivity index (χ0v) is 14.4. The molecule has 1 N–H and O–H groups in total. The lowest BCUT2D eigenvalue weighted by Gasteiger charge is -2.19. The SMILES string of the molecule is COc1ccccc1Nc1cc(N(C)CCc2ccncc2)ncn1. The Morgan fingerprint density at radius 2 is 1.88 bits per heavy atom. The summed E-state index contributed by atoms with van der Waals surface area (Å²) in [5.74, 6) is 2.36. The maximum Gasteiger partial charge on any atom is 0.142 e. The van der Waals surface area contributed by atoms with Crippen molar-refractivity contribution < 1.29 is 4.74 Å². The highest BCUT2D eigenvalue weighted by Gasteiger charge is 2.07. The summed E-state index contributed by atoms with van der Waals surface area (Å²) in [6.45, 7) is 0.856. The fraction of sp³-hybridized carbons (Fsp3) is 0.211. The van der Waals surface area contributed by atoms with Gasteiger partial charge in [-0.05, 0) is 36.2 Å². The van der Waals surface area contributed by atoms with Crippen LogP contribution in [0, 0.1) is 0 Å². The van der Waals surface area contributed by atoms with Crippen molar-refractivity contribution in [3.8, 4) is 5.75 Å². The molecule has 1 aromatic carbocycles. The van der Waals surface area contributed by atoms with Crippen LogP contribution in [0.3, 0.4) is 0 Å². The van der Waals surface area contributed by atoms with Gasteiger partial charge in [0.15, 0.2) is 0 Å². The number of benzene rings is 1. The van der Waals surface area contributed by atoms with Gasteiger partial charge in [0.05, 0.1) is 12.8 Å². The van der Waals surface area contributed by atoms with Crippen molar-refractivity contribution in [2.24, 2.45) is 0 Å². The third kappa shape index (κ3) is 4.44. The lowest BCUT2D eigenvalue weighted by atomic mass is 10.2. The molecule has 0 spiro atoms. The smallest absolute Gasteiger partial charge is 0.142 e. The minimum Gasteiger partial charge on any atom is -0.495 e. The Balaban J connectivity index is 1.68. The highest BCUT2D eigenvalue weighted by atomic mass is 16.5. The molecule has 2 aromatic heterocycles. The molecule has 3 rings (SSSR count). The number of rotatable bonds is 7. The summed E-state index contributed by atoms with van der Waals surface area (Å²) >= 11 is 0. The molecule has 6 nitrogen and oxygen atoms in total. The summed E-state index contributed by atoms with van der Waals surface area (Å²) in [5.41, 5.74) is 2.12. The average molecular weight is 335 g/mol. The average Bonchev–Trinajstić information content (AvgIpc) is 2.67. The molecule has 0 atom stereocenters. The second-order valence-electron chi connectivity index (χ2n) is 5.61. The number of ether oxygens (including phenoxy) is 1. The maximum atomic E-state index is 5.36. The van der Waals surface area contributed by atoms with Crippen molar-refractivity contribution >= 4 is 17.3 Å². The third-order valence-electron chi connectivity index (χ3n) is 3.90. The standard InChI is InChI=1S/C19H21N5O/c1-24(12-9-15-7-10-20-11-8-15)19-13-18(21-14-22-19)23-16-5-3-4-6-17(16)25-2/h3-8,10-11,13-14H,9,12H2,1-2H3,(H,21,22,23). The summed E-state index contributed by atoms with van der Waals surface area (Å²) in [5, 5.41) is 3.28. The van der Waals surface area contributed by atoms with E-state index in [0.717, 1.165) is 36.0 Å². The summed E-state index contributed by atoms with van der Waals surface area (Å²) in [6.07, 6.45) is 6.12. The van der Waals surface area contributed by atoms with E-state index in [-0.39, 0.29) is 0 Å². The van der Waals surface area contributed by atoms with Gasteiger partial charge >= 0.3 is 0 Å². The first kappa shape index (κ1) is 16.7. The molecule has 0 amide bonds. The van der Waals surface area contributed by atoms with E-state index in [0.29, 0.717) is 0 Å². The summed E-state index contributed by atoms with van der Waals surface area (Å²) in [6, 6.07) is 13.7. The van der Waals surface area contributed by atoms with Crippen LogP contribution >= 0.6 is 0 Å².